The average molecular weight is 231 g/mol. The summed E-state index contributed by atoms with van der Waals surface area (Å²) in [5.41, 5.74) is 5.41. The molecule has 0 aliphatic rings. The predicted molar refractivity (Wildman–Crippen MR) is 66.8 cm³/mol. The Balaban J connectivity index is 3.90. The Morgan fingerprint density at radius 2 is 2.20 bits per heavy atom. The van der Waals surface area contributed by atoms with Gasteiger partial charge in [0.05, 0.1) is 11.0 Å². The van der Waals surface area contributed by atoms with Gasteiger partial charge in [0.25, 0.3) is 0 Å². The fraction of sp³-hybridized carbons (Fsp3) is 0.800. The summed E-state index contributed by atoms with van der Waals surface area (Å²) in [7, 11) is 1.84. The molecule has 15 heavy (non-hydrogen) atoms. The van der Waals surface area contributed by atoms with Crippen LogP contribution in [0, 0.1) is 0 Å². The summed E-state index contributed by atoms with van der Waals surface area (Å²) in [5, 5.41) is 2.87. The first-order valence-electron chi connectivity index (χ1n) is 5.25. The molecule has 0 aliphatic heterocycles. The maximum Gasteiger partial charge on any atom is 0.237 e. The normalized spacial score (nSPS) is 12.5. The standard InChI is InChI=1S/C10H21N3OS/c1-4-5-6-12-10(14)8(2)13(3)7-9(11)15/h8H,4-7H2,1-3H3,(H2,11,15)(H,12,14). The Morgan fingerprint density at radius 1 is 1.60 bits per heavy atom. The molecule has 1 unspecified atom stereocenters. The number of unbranched alkanes of at least 4 members (excludes halogenated alkanes) is 1. The molecule has 0 saturated carbocycles. The molecule has 88 valence electrons. The van der Waals surface area contributed by atoms with E-state index in [4.69, 9.17) is 18.0 Å². The number of hydrogen-bond donors (Lipinski definition) is 2. The van der Waals surface area contributed by atoms with Gasteiger partial charge in [0.15, 0.2) is 0 Å². The van der Waals surface area contributed by atoms with E-state index in [0.717, 1.165) is 19.4 Å². The van der Waals surface area contributed by atoms with Crippen LogP contribution in [-0.4, -0.2) is 42.0 Å². The number of thiocarbonyl (C=S) groups is 1. The number of carbonyl (C=O) groups excluding carboxylic acids is 1. The van der Waals surface area contributed by atoms with Crippen molar-refractivity contribution in [2.24, 2.45) is 5.73 Å². The van der Waals surface area contributed by atoms with Crippen LogP contribution < -0.4 is 11.1 Å². The molecule has 0 heterocycles. The van der Waals surface area contributed by atoms with Crippen LogP contribution >= 0.6 is 12.2 Å². The highest BCUT2D eigenvalue weighted by Gasteiger charge is 2.17. The summed E-state index contributed by atoms with van der Waals surface area (Å²) in [4.78, 5) is 13.8. The van der Waals surface area contributed by atoms with Crippen LogP contribution in [0.3, 0.4) is 0 Å². The topological polar surface area (TPSA) is 58.4 Å². The van der Waals surface area contributed by atoms with E-state index < -0.39 is 0 Å². The third kappa shape index (κ3) is 6.41. The zero-order valence-corrected chi connectivity index (χ0v) is 10.6. The Kier molecular flexibility index (Phi) is 7.25. The molecule has 5 heteroatoms. The number of likely N-dealkylation sites (N-methyl/N-ethyl adjacent to an activating group) is 1. The third-order valence-corrected chi connectivity index (χ3v) is 2.40. The number of nitrogens with zero attached hydrogens (tertiary/aromatic N) is 1. The second-order valence-electron chi connectivity index (χ2n) is 3.70. The Hall–Kier alpha value is -0.680. The van der Waals surface area contributed by atoms with Crippen molar-refractivity contribution in [3.8, 4) is 0 Å². The molecule has 3 N–H and O–H groups in total. The molecular formula is C10H21N3OS. The van der Waals surface area contributed by atoms with Gasteiger partial charge in [-0.25, -0.2) is 0 Å². The first-order chi connectivity index (χ1) is 6.99. The summed E-state index contributed by atoms with van der Waals surface area (Å²) in [6.45, 7) is 5.15. The van der Waals surface area contributed by atoms with Crippen molar-refractivity contribution in [3.05, 3.63) is 0 Å². The number of rotatable bonds is 7. The lowest BCUT2D eigenvalue weighted by Crippen LogP contribution is -2.46. The number of nitrogens with one attached hydrogen (secondary N) is 1. The van der Waals surface area contributed by atoms with Gasteiger partial charge in [0.1, 0.15) is 0 Å². The average Bonchev–Trinajstić information content (AvgIpc) is 2.15. The van der Waals surface area contributed by atoms with Crippen molar-refractivity contribution in [3.63, 3.8) is 0 Å². The summed E-state index contributed by atoms with van der Waals surface area (Å²) in [5.74, 6) is 0.0298. The summed E-state index contributed by atoms with van der Waals surface area (Å²) < 4.78 is 0. The molecule has 0 radical (unpaired) electrons. The lowest BCUT2D eigenvalue weighted by Gasteiger charge is -2.23. The molecule has 0 aliphatic carbocycles. The monoisotopic (exact) mass is 231 g/mol. The van der Waals surface area contributed by atoms with Gasteiger partial charge in [0.2, 0.25) is 5.91 Å². The zero-order chi connectivity index (χ0) is 11.8. The predicted octanol–water partition coefficient (Wildman–Crippen LogP) is 0.509. The molecule has 0 spiro atoms. The third-order valence-electron chi connectivity index (χ3n) is 2.28. The molecule has 0 rings (SSSR count). The SMILES string of the molecule is CCCCNC(=O)C(C)N(C)CC(N)=S. The number of amides is 1. The smallest absolute Gasteiger partial charge is 0.237 e. The van der Waals surface area contributed by atoms with Crippen LogP contribution in [0.1, 0.15) is 26.7 Å². The molecule has 1 amide bonds. The van der Waals surface area contributed by atoms with Crippen molar-refractivity contribution in [1.82, 2.24) is 10.2 Å². The van der Waals surface area contributed by atoms with Crippen molar-refractivity contribution in [2.75, 3.05) is 20.1 Å². The summed E-state index contributed by atoms with van der Waals surface area (Å²) in [6.07, 6.45) is 2.09. The Morgan fingerprint density at radius 3 is 2.67 bits per heavy atom. The van der Waals surface area contributed by atoms with E-state index in [1.807, 2.05) is 18.9 Å². The first kappa shape index (κ1) is 14.3. The fourth-order valence-corrected chi connectivity index (χ4v) is 1.32. The molecule has 0 aromatic rings. The zero-order valence-electron chi connectivity index (χ0n) is 9.75. The quantitative estimate of drug-likeness (QED) is 0.495. The Bertz CT molecular complexity index is 221. The molecule has 0 fully saturated rings. The van der Waals surface area contributed by atoms with Crippen LogP contribution in [0.5, 0.6) is 0 Å². The van der Waals surface area contributed by atoms with Gasteiger partial charge < -0.3 is 11.1 Å². The second kappa shape index (κ2) is 7.59. The molecule has 0 aromatic heterocycles. The number of carbonyl (C=O) groups is 1. The highest BCUT2D eigenvalue weighted by atomic mass is 32.1. The molecule has 4 nitrogen and oxygen atoms in total. The highest BCUT2D eigenvalue weighted by molar-refractivity contribution is 7.80. The Labute approximate surface area is 97.2 Å². The molecule has 0 bridgehead atoms. The molecule has 0 aromatic carbocycles. The van der Waals surface area contributed by atoms with E-state index >= 15 is 0 Å². The first-order valence-corrected chi connectivity index (χ1v) is 5.66. The van der Waals surface area contributed by atoms with E-state index in [-0.39, 0.29) is 11.9 Å². The van der Waals surface area contributed by atoms with E-state index in [2.05, 4.69) is 12.2 Å². The van der Waals surface area contributed by atoms with Gasteiger partial charge >= 0.3 is 0 Å². The van der Waals surface area contributed by atoms with Gasteiger partial charge in [-0.1, -0.05) is 25.6 Å². The lowest BCUT2D eigenvalue weighted by atomic mass is 10.2. The summed E-state index contributed by atoms with van der Waals surface area (Å²) in [6, 6.07) is -0.191. The van der Waals surface area contributed by atoms with Gasteiger partial charge in [-0.2, -0.15) is 0 Å². The van der Waals surface area contributed by atoms with Gasteiger partial charge in [0, 0.05) is 13.1 Å². The number of nitrogens with two attached hydrogens (primary N) is 1. The van der Waals surface area contributed by atoms with Crippen LogP contribution in [0.15, 0.2) is 0 Å². The van der Waals surface area contributed by atoms with Crippen molar-refractivity contribution in [2.45, 2.75) is 32.7 Å². The van der Waals surface area contributed by atoms with E-state index in [1.165, 1.54) is 0 Å². The molecule has 1 atom stereocenters. The van der Waals surface area contributed by atoms with E-state index in [0.29, 0.717) is 11.5 Å². The highest BCUT2D eigenvalue weighted by Crippen LogP contribution is 1.95. The maximum atomic E-state index is 11.6. The van der Waals surface area contributed by atoms with Crippen molar-refractivity contribution < 1.29 is 4.79 Å². The number of hydrogen-bond acceptors (Lipinski definition) is 3. The second-order valence-corrected chi connectivity index (χ2v) is 4.23. The minimum atomic E-state index is -0.191. The van der Waals surface area contributed by atoms with Crippen LogP contribution in [-0.2, 0) is 4.79 Å². The van der Waals surface area contributed by atoms with Gasteiger partial charge in [-0.3, -0.25) is 9.69 Å². The minimum absolute atomic E-state index is 0.0298. The largest absolute Gasteiger partial charge is 0.392 e. The van der Waals surface area contributed by atoms with Gasteiger partial charge in [-0.05, 0) is 20.4 Å². The van der Waals surface area contributed by atoms with Crippen LogP contribution in [0.25, 0.3) is 0 Å². The molecule has 0 saturated heterocycles. The van der Waals surface area contributed by atoms with E-state index in [1.54, 1.807) is 0 Å². The molecular weight excluding hydrogens is 210 g/mol. The summed E-state index contributed by atoms with van der Waals surface area (Å²) >= 11 is 4.79. The van der Waals surface area contributed by atoms with Crippen LogP contribution in [0.2, 0.25) is 0 Å². The lowest BCUT2D eigenvalue weighted by molar-refractivity contribution is -0.125. The fourth-order valence-electron chi connectivity index (χ4n) is 1.12. The maximum absolute atomic E-state index is 11.6. The van der Waals surface area contributed by atoms with Crippen molar-refractivity contribution in [1.29, 1.82) is 0 Å². The van der Waals surface area contributed by atoms with E-state index in [9.17, 15) is 4.79 Å². The minimum Gasteiger partial charge on any atom is -0.392 e. The van der Waals surface area contributed by atoms with Crippen molar-refractivity contribution >= 4 is 23.1 Å². The van der Waals surface area contributed by atoms with Crippen LogP contribution in [0.4, 0.5) is 0 Å². The van der Waals surface area contributed by atoms with Gasteiger partial charge in [-0.15, -0.1) is 0 Å².